The van der Waals surface area contributed by atoms with Gasteiger partial charge in [-0.1, -0.05) is 12.1 Å². The van der Waals surface area contributed by atoms with E-state index in [1.807, 2.05) is 31.1 Å². The minimum Gasteiger partial charge on any atom is -0.507 e. The summed E-state index contributed by atoms with van der Waals surface area (Å²) in [5.74, 6) is -1.69. The molecule has 4 N–H and O–H groups in total. The predicted octanol–water partition coefficient (Wildman–Crippen LogP) is 2.82. The van der Waals surface area contributed by atoms with Crippen LogP contribution in [-0.2, 0) is 0 Å². The lowest BCUT2D eigenvalue weighted by atomic mass is 9.84. The molecule has 0 aliphatic carbocycles. The summed E-state index contributed by atoms with van der Waals surface area (Å²) in [4.78, 5) is 42.0. The van der Waals surface area contributed by atoms with Crippen molar-refractivity contribution in [1.82, 2.24) is 19.9 Å². The lowest BCUT2D eigenvalue weighted by molar-refractivity contribution is 0.462. The van der Waals surface area contributed by atoms with Crippen molar-refractivity contribution in [2.75, 3.05) is 19.0 Å². The Kier molecular flexibility index (Phi) is 5.01. The summed E-state index contributed by atoms with van der Waals surface area (Å²) in [6.45, 7) is 0. The Hall–Kier alpha value is -4.66. The monoisotopic (exact) mass is 455 g/mol. The summed E-state index contributed by atoms with van der Waals surface area (Å²) < 4.78 is 0. The maximum Gasteiger partial charge on any atom is 0.257 e. The molecule has 170 valence electrons. The third-order valence-electron chi connectivity index (χ3n) is 5.91. The fraction of sp³-hybridized carbons (Fsp3) is 0.120. The van der Waals surface area contributed by atoms with Gasteiger partial charge in [0.25, 0.3) is 11.1 Å². The molecule has 4 heterocycles. The molecule has 1 aromatic carbocycles. The molecule has 0 unspecified atom stereocenters. The number of H-pyrrole nitrogens is 2. The summed E-state index contributed by atoms with van der Waals surface area (Å²) in [5, 5.41) is 23.0. The van der Waals surface area contributed by atoms with Crippen LogP contribution in [0.4, 0.5) is 5.69 Å². The predicted molar refractivity (Wildman–Crippen MR) is 130 cm³/mol. The minimum absolute atomic E-state index is 0.0675. The second-order valence-corrected chi connectivity index (χ2v) is 8.15. The highest BCUT2D eigenvalue weighted by Crippen LogP contribution is 2.40. The van der Waals surface area contributed by atoms with Crippen molar-refractivity contribution in [2.24, 2.45) is 0 Å². The zero-order valence-electron chi connectivity index (χ0n) is 18.4. The lowest BCUT2D eigenvalue weighted by Gasteiger charge is -2.21. The van der Waals surface area contributed by atoms with Crippen molar-refractivity contribution >= 4 is 27.8 Å². The molecule has 9 nitrogen and oxygen atoms in total. The first-order valence-electron chi connectivity index (χ1n) is 10.5. The summed E-state index contributed by atoms with van der Waals surface area (Å²) in [7, 11) is 3.79. The first kappa shape index (κ1) is 21.2. The van der Waals surface area contributed by atoms with Crippen LogP contribution in [0.2, 0.25) is 0 Å². The van der Waals surface area contributed by atoms with Crippen LogP contribution in [0.25, 0.3) is 22.1 Å². The highest BCUT2D eigenvalue weighted by atomic mass is 16.3. The molecule has 0 aliphatic rings. The molecule has 34 heavy (non-hydrogen) atoms. The third kappa shape index (κ3) is 3.34. The highest BCUT2D eigenvalue weighted by molar-refractivity contribution is 5.85. The molecule has 0 fully saturated rings. The van der Waals surface area contributed by atoms with Gasteiger partial charge in [-0.2, -0.15) is 0 Å². The average molecular weight is 455 g/mol. The second-order valence-electron chi connectivity index (χ2n) is 8.15. The van der Waals surface area contributed by atoms with Gasteiger partial charge in [-0.3, -0.25) is 9.59 Å². The van der Waals surface area contributed by atoms with E-state index in [0.29, 0.717) is 16.3 Å². The number of nitrogens with one attached hydrogen (secondary N) is 2. The van der Waals surface area contributed by atoms with Gasteiger partial charge in [-0.05, 0) is 42.0 Å². The van der Waals surface area contributed by atoms with Gasteiger partial charge >= 0.3 is 0 Å². The van der Waals surface area contributed by atoms with E-state index in [-0.39, 0.29) is 33.9 Å². The molecule has 0 atom stereocenters. The fourth-order valence-electron chi connectivity index (χ4n) is 4.23. The maximum absolute atomic E-state index is 13.2. The van der Waals surface area contributed by atoms with E-state index < -0.39 is 17.0 Å². The Balaban J connectivity index is 1.87. The van der Waals surface area contributed by atoms with Gasteiger partial charge in [0.1, 0.15) is 22.8 Å². The van der Waals surface area contributed by atoms with Gasteiger partial charge < -0.3 is 25.1 Å². The lowest BCUT2D eigenvalue weighted by Crippen LogP contribution is -2.24. The maximum atomic E-state index is 13.2. The van der Waals surface area contributed by atoms with Crippen LogP contribution < -0.4 is 16.0 Å². The third-order valence-corrected chi connectivity index (χ3v) is 5.91. The van der Waals surface area contributed by atoms with Crippen LogP contribution in [0.3, 0.4) is 0 Å². The number of aromatic amines is 2. The molecule has 0 amide bonds. The number of nitrogens with zero attached hydrogens (tertiary/aromatic N) is 3. The van der Waals surface area contributed by atoms with E-state index >= 15 is 0 Å². The first-order chi connectivity index (χ1) is 16.4. The number of benzene rings is 1. The molecule has 4 aromatic heterocycles. The number of aromatic hydroxyl groups is 2. The van der Waals surface area contributed by atoms with E-state index in [4.69, 9.17) is 0 Å². The molecule has 5 aromatic rings. The summed E-state index contributed by atoms with van der Waals surface area (Å²) in [5.41, 5.74) is 0.519. The molecular formula is C25H21N5O4. The molecule has 9 heteroatoms. The number of hydrogen-bond donors (Lipinski definition) is 4. The average Bonchev–Trinajstić information content (AvgIpc) is 2.83. The van der Waals surface area contributed by atoms with E-state index in [0.717, 1.165) is 5.69 Å². The largest absolute Gasteiger partial charge is 0.507 e. The van der Waals surface area contributed by atoms with Crippen molar-refractivity contribution < 1.29 is 10.2 Å². The van der Waals surface area contributed by atoms with Crippen molar-refractivity contribution in [3.63, 3.8) is 0 Å². The van der Waals surface area contributed by atoms with Crippen molar-refractivity contribution in [3.8, 4) is 11.5 Å². The minimum atomic E-state index is -1.07. The quantitative estimate of drug-likeness (QED) is 0.327. The molecular weight excluding hydrogens is 434 g/mol. The zero-order valence-corrected chi connectivity index (χ0v) is 18.4. The van der Waals surface area contributed by atoms with Crippen molar-refractivity contribution in [2.45, 2.75) is 5.92 Å². The molecule has 5 rings (SSSR count). The number of hydrogen-bond acceptors (Lipinski definition) is 7. The number of anilines is 1. The van der Waals surface area contributed by atoms with Gasteiger partial charge in [0.05, 0.1) is 27.8 Å². The molecule has 0 radical (unpaired) electrons. The summed E-state index contributed by atoms with van der Waals surface area (Å²) >= 11 is 0. The van der Waals surface area contributed by atoms with Crippen LogP contribution in [0, 0.1) is 0 Å². The van der Waals surface area contributed by atoms with E-state index in [1.54, 1.807) is 36.4 Å². The second kappa shape index (κ2) is 8.04. The standard InChI is InChI=1S/C25H21N5O4/c1-30(2)14-9-7-13(8-10-14)17(18-20(31)15-5-3-11-26-22(15)28-24(18)33)19-21(32)16-6-4-12-27-23(16)29-25(19)34/h3-12,17H,1-2H3,(H2,26,28,31,33)(H2,27,29,32,34). The SMILES string of the molecule is CN(C)c1ccc(C(c2c(O)c3cccnc3[nH]c2=O)c2c(O)c3cccnc3[nH]c2=O)cc1. The Morgan fingerprint density at radius 1 is 0.765 bits per heavy atom. The van der Waals surface area contributed by atoms with Gasteiger partial charge in [0, 0.05) is 32.2 Å². The number of fused-ring (bicyclic) bond motifs is 2. The molecule has 0 bridgehead atoms. The van der Waals surface area contributed by atoms with E-state index in [2.05, 4.69) is 19.9 Å². The van der Waals surface area contributed by atoms with E-state index in [1.165, 1.54) is 12.4 Å². The highest BCUT2D eigenvalue weighted by Gasteiger charge is 2.31. The fourth-order valence-corrected chi connectivity index (χ4v) is 4.23. The van der Waals surface area contributed by atoms with Gasteiger partial charge in [0.2, 0.25) is 0 Å². The Labute approximate surface area is 193 Å². The molecule has 0 spiro atoms. The van der Waals surface area contributed by atoms with Crippen molar-refractivity contribution in [3.05, 3.63) is 98.3 Å². The van der Waals surface area contributed by atoms with Gasteiger partial charge in [-0.15, -0.1) is 0 Å². The van der Waals surface area contributed by atoms with Crippen LogP contribution in [-0.4, -0.2) is 44.2 Å². The van der Waals surface area contributed by atoms with Crippen LogP contribution in [0.5, 0.6) is 11.5 Å². The number of pyridine rings is 4. The van der Waals surface area contributed by atoms with Crippen LogP contribution in [0.1, 0.15) is 22.6 Å². The van der Waals surface area contributed by atoms with E-state index in [9.17, 15) is 19.8 Å². The Morgan fingerprint density at radius 2 is 1.24 bits per heavy atom. The van der Waals surface area contributed by atoms with Crippen LogP contribution >= 0.6 is 0 Å². The first-order valence-corrected chi connectivity index (χ1v) is 10.5. The number of aromatic nitrogens is 4. The molecule has 0 saturated heterocycles. The van der Waals surface area contributed by atoms with Crippen molar-refractivity contribution in [1.29, 1.82) is 0 Å². The topological polar surface area (TPSA) is 135 Å². The number of rotatable bonds is 4. The molecule has 0 saturated carbocycles. The Morgan fingerprint density at radius 3 is 1.68 bits per heavy atom. The smallest absolute Gasteiger partial charge is 0.257 e. The summed E-state index contributed by atoms with van der Waals surface area (Å²) in [6, 6.07) is 13.7. The molecule has 0 aliphatic heterocycles. The zero-order chi connectivity index (χ0) is 24.0. The van der Waals surface area contributed by atoms with Gasteiger partial charge in [-0.25, -0.2) is 9.97 Å². The summed E-state index contributed by atoms with van der Waals surface area (Å²) in [6.07, 6.45) is 3.00. The Bertz CT molecular complexity index is 1560. The van der Waals surface area contributed by atoms with Gasteiger partial charge in [0.15, 0.2) is 0 Å². The normalized spacial score (nSPS) is 11.4. The van der Waals surface area contributed by atoms with Crippen LogP contribution in [0.15, 0.2) is 70.5 Å².